The van der Waals surface area contributed by atoms with Gasteiger partial charge in [0.05, 0.1) is 12.1 Å². The van der Waals surface area contributed by atoms with Gasteiger partial charge in [-0.2, -0.15) is 0 Å². The van der Waals surface area contributed by atoms with E-state index in [0.717, 1.165) is 11.9 Å². The van der Waals surface area contributed by atoms with Gasteiger partial charge in [-0.25, -0.2) is 4.68 Å². The first-order valence-corrected chi connectivity index (χ1v) is 12.5. The van der Waals surface area contributed by atoms with Crippen molar-refractivity contribution in [2.24, 2.45) is 5.92 Å². The van der Waals surface area contributed by atoms with Gasteiger partial charge < -0.3 is 10.1 Å². The molecule has 2 heterocycles. The average molecular weight is 501 g/mol. The summed E-state index contributed by atoms with van der Waals surface area (Å²) in [6.45, 7) is 7.05. The van der Waals surface area contributed by atoms with Gasteiger partial charge in [-0.05, 0) is 61.7 Å². The molecule has 9 heteroatoms. The van der Waals surface area contributed by atoms with E-state index in [4.69, 9.17) is 4.74 Å². The first kappa shape index (κ1) is 25.8. The fourth-order valence-corrected chi connectivity index (χ4v) is 4.08. The molecule has 37 heavy (non-hydrogen) atoms. The standard InChI is InChI=1S/C28H32N6O3/c1-4-37-23-13-11-22(12-14-23)34(26(35)19-33-25-10-6-5-9-24(25)31-32-33)27(21-8-7-16-29-18-21)28(36)30-17-15-20(2)3/h5-14,16,18,20,27H,4,15,17,19H2,1-3H3,(H,30,36)/t27-/m0/s1. The molecule has 1 N–H and O–H groups in total. The van der Waals surface area contributed by atoms with Crippen LogP contribution in [0.25, 0.3) is 11.0 Å². The van der Waals surface area contributed by atoms with Gasteiger partial charge in [0.1, 0.15) is 23.9 Å². The molecule has 0 aliphatic carbocycles. The van der Waals surface area contributed by atoms with Crippen LogP contribution in [0.1, 0.15) is 38.8 Å². The number of carbonyl (C=O) groups is 2. The number of amides is 2. The maximum absolute atomic E-state index is 14.0. The summed E-state index contributed by atoms with van der Waals surface area (Å²) in [4.78, 5) is 33.3. The number of para-hydroxylation sites is 1. The lowest BCUT2D eigenvalue weighted by Gasteiger charge is -2.31. The maximum Gasteiger partial charge on any atom is 0.249 e. The normalized spacial score (nSPS) is 11.9. The zero-order valence-electron chi connectivity index (χ0n) is 21.4. The van der Waals surface area contributed by atoms with E-state index in [1.54, 1.807) is 53.5 Å². The molecule has 4 aromatic rings. The Bertz CT molecular complexity index is 1320. The molecule has 0 radical (unpaired) electrons. The predicted molar refractivity (Wildman–Crippen MR) is 142 cm³/mol. The Hall–Kier alpha value is -4.27. The first-order valence-electron chi connectivity index (χ1n) is 12.5. The quantitative estimate of drug-likeness (QED) is 0.332. The maximum atomic E-state index is 14.0. The van der Waals surface area contributed by atoms with Crippen molar-refractivity contribution in [3.63, 3.8) is 0 Å². The number of carbonyl (C=O) groups excluding carboxylic acids is 2. The monoisotopic (exact) mass is 500 g/mol. The molecule has 0 bridgehead atoms. The summed E-state index contributed by atoms with van der Waals surface area (Å²) in [6.07, 6.45) is 4.08. The van der Waals surface area contributed by atoms with Crippen molar-refractivity contribution in [1.29, 1.82) is 0 Å². The Morgan fingerprint density at radius 3 is 2.54 bits per heavy atom. The fraction of sp³-hybridized carbons (Fsp3) is 0.321. The molecule has 0 saturated carbocycles. The summed E-state index contributed by atoms with van der Waals surface area (Å²) in [5.74, 6) is 0.522. The number of nitrogens with zero attached hydrogens (tertiary/aromatic N) is 5. The summed E-state index contributed by atoms with van der Waals surface area (Å²) in [5, 5.41) is 11.4. The zero-order chi connectivity index (χ0) is 26.2. The van der Waals surface area contributed by atoms with Crippen LogP contribution in [0.15, 0.2) is 73.1 Å². The second kappa shape index (κ2) is 12.1. The van der Waals surface area contributed by atoms with Crippen molar-refractivity contribution in [2.75, 3.05) is 18.1 Å². The Labute approximate surface area is 216 Å². The lowest BCUT2D eigenvalue weighted by Crippen LogP contribution is -2.45. The zero-order valence-corrected chi connectivity index (χ0v) is 21.4. The number of rotatable bonds is 11. The topological polar surface area (TPSA) is 102 Å². The lowest BCUT2D eigenvalue weighted by molar-refractivity contribution is -0.127. The molecule has 2 aromatic carbocycles. The number of aromatic nitrogens is 4. The number of benzene rings is 2. The van der Waals surface area contributed by atoms with E-state index in [0.29, 0.717) is 41.6 Å². The van der Waals surface area contributed by atoms with E-state index in [1.807, 2.05) is 31.2 Å². The third-order valence-corrected chi connectivity index (χ3v) is 5.93. The molecule has 0 saturated heterocycles. The van der Waals surface area contributed by atoms with Gasteiger partial charge in [-0.3, -0.25) is 19.5 Å². The molecule has 2 aromatic heterocycles. The van der Waals surface area contributed by atoms with Crippen LogP contribution in [0, 0.1) is 5.92 Å². The summed E-state index contributed by atoms with van der Waals surface area (Å²) >= 11 is 0. The molecule has 192 valence electrons. The van der Waals surface area contributed by atoms with Crippen molar-refractivity contribution in [1.82, 2.24) is 25.3 Å². The summed E-state index contributed by atoms with van der Waals surface area (Å²) in [7, 11) is 0. The van der Waals surface area contributed by atoms with Crippen LogP contribution in [0.3, 0.4) is 0 Å². The number of anilines is 1. The number of nitrogens with one attached hydrogen (secondary N) is 1. The number of pyridine rings is 1. The molecule has 0 aliphatic rings. The van der Waals surface area contributed by atoms with Crippen LogP contribution in [0.4, 0.5) is 5.69 Å². The Morgan fingerprint density at radius 2 is 1.84 bits per heavy atom. The van der Waals surface area contributed by atoms with Gasteiger partial charge >= 0.3 is 0 Å². The predicted octanol–water partition coefficient (Wildman–Crippen LogP) is 4.16. The van der Waals surface area contributed by atoms with Crippen molar-refractivity contribution >= 4 is 28.5 Å². The van der Waals surface area contributed by atoms with Crippen molar-refractivity contribution in [3.05, 3.63) is 78.6 Å². The van der Waals surface area contributed by atoms with Gasteiger partial charge in [0, 0.05) is 30.2 Å². The minimum Gasteiger partial charge on any atom is -0.494 e. The highest BCUT2D eigenvalue weighted by molar-refractivity contribution is 6.01. The average Bonchev–Trinajstić information content (AvgIpc) is 3.31. The van der Waals surface area contributed by atoms with E-state index in [9.17, 15) is 9.59 Å². The van der Waals surface area contributed by atoms with E-state index < -0.39 is 6.04 Å². The van der Waals surface area contributed by atoms with Crippen LogP contribution < -0.4 is 15.0 Å². The van der Waals surface area contributed by atoms with Crippen LogP contribution >= 0.6 is 0 Å². The SMILES string of the molecule is CCOc1ccc(N(C(=O)Cn2nnc3ccccc32)[C@H](C(=O)NCCC(C)C)c2cccnc2)cc1. The van der Waals surface area contributed by atoms with E-state index >= 15 is 0 Å². The van der Waals surface area contributed by atoms with Crippen LogP contribution in [0.2, 0.25) is 0 Å². The second-order valence-corrected chi connectivity index (χ2v) is 9.09. The number of hydrogen-bond acceptors (Lipinski definition) is 6. The molecule has 4 rings (SSSR count). The molecular formula is C28H32N6O3. The third-order valence-electron chi connectivity index (χ3n) is 5.93. The Morgan fingerprint density at radius 1 is 1.05 bits per heavy atom. The van der Waals surface area contributed by atoms with Crippen molar-refractivity contribution < 1.29 is 14.3 Å². The molecule has 2 amide bonds. The summed E-state index contributed by atoms with van der Waals surface area (Å²) in [6, 6.07) is 17.2. The highest BCUT2D eigenvalue weighted by atomic mass is 16.5. The summed E-state index contributed by atoms with van der Waals surface area (Å²) in [5.41, 5.74) is 2.60. The van der Waals surface area contributed by atoms with Gasteiger partial charge in [-0.1, -0.05) is 37.3 Å². The smallest absolute Gasteiger partial charge is 0.249 e. The van der Waals surface area contributed by atoms with E-state index in [1.165, 1.54) is 4.90 Å². The molecule has 1 atom stereocenters. The minimum absolute atomic E-state index is 0.0935. The lowest BCUT2D eigenvalue weighted by atomic mass is 10.0. The molecule has 0 aliphatic heterocycles. The van der Waals surface area contributed by atoms with Crippen LogP contribution in [-0.2, 0) is 16.1 Å². The molecule has 0 spiro atoms. The molecular weight excluding hydrogens is 468 g/mol. The van der Waals surface area contributed by atoms with E-state index in [-0.39, 0.29) is 18.4 Å². The molecule has 0 fully saturated rings. The highest BCUT2D eigenvalue weighted by Crippen LogP contribution is 2.30. The van der Waals surface area contributed by atoms with Gasteiger partial charge in [0.2, 0.25) is 11.8 Å². The summed E-state index contributed by atoms with van der Waals surface area (Å²) < 4.78 is 7.14. The first-order chi connectivity index (χ1) is 18.0. The third kappa shape index (κ3) is 6.30. The Kier molecular flexibility index (Phi) is 8.45. The van der Waals surface area contributed by atoms with Gasteiger partial charge in [0.15, 0.2) is 0 Å². The van der Waals surface area contributed by atoms with Gasteiger partial charge in [0.25, 0.3) is 0 Å². The number of ether oxygens (including phenoxy) is 1. The van der Waals surface area contributed by atoms with Gasteiger partial charge in [-0.15, -0.1) is 5.10 Å². The van der Waals surface area contributed by atoms with E-state index in [2.05, 4.69) is 34.5 Å². The fourth-order valence-electron chi connectivity index (χ4n) is 4.08. The van der Waals surface area contributed by atoms with Crippen molar-refractivity contribution in [3.8, 4) is 5.75 Å². The highest BCUT2D eigenvalue weighted by Gasteiger charge is 2.33. The van der Waals surface area contributed by atoms with Crippen LogP contribution in [-0.4, -0.2) is 44.9 Å². The number of hydrogen-bond donors (Lipinski definition) is 1. The van der Waals surface area contributed by atoms with Crippen molar-refractivity contribution in [2.45, 2.75) is 39.8 Å². The van der Waals surface area contributed by atoms with Crippen LogP contribution in [0.5, 0.6) is 5.75 Å². The second-order valence-electron chi connectivity index (χ2n) is 9.09. The largest absolute Gasteiger partial charge is 0.494 e. The number of fused-ring (bicyclic) bond motifs is 1. The molecule has 0 unspecified atom stereocenters. The Balaban J connectivity index is 1.74. The molecule has 9 nitrogen and oxygen atoms in total. The minimum atomic E-state index is -0.930.